The fraction of sp³-hybridized carbons (Fsp3) is 0.136. The molecule has 0 aromatic heterocycles. The van der Waals surface area contributed by atoms with Crippen LogP contribution in [-0.4, -0.2) is 6.54 Å². The Hall–Kier alpha value is -5.06. The number of benzene rings is 6. The van der Waals surface area contributed by atoms with Gasteiger partial charge < -0.3 is 11.5 Å². The minimum Gasteiger partial charge on any atom is -0.327 e. The van der Waals surface area contributed by atoms with Crippen LogP contribution in [0.25, 0.3) is 45.2 Å². The van der Waals surface area contributed by atoms with E-state index in [2.05, 4.69) is 153 Å². The Balaban J connectivity index is 1.26. The molecule has 0 radical (unpaired) electrons. The van der Waals surface area contributed by atoms with Gasteiger partial charge in [-0.15, -0.1) is 0 Å². The number of nitrogens with one attached hydrogen (secondary N) is 1. The maximum Gasteiger partial charge on any atom is 0.0817 e. The molecule has 2 atom stereocenters. The Labute approximate surface area is 278 Å². The minimum atomic E-state index is -0.330. The third-order valence-corrected chi connectivity index (χ3v) is 9.52. The second-order valence-electron chi connectivity index (χ2n) is 12.9. The molecule has 0 heterocycles. The molecule has 0 bridgehead atoms. The standard InChI is InChI=1S/C44H41N3/c1-44(2)39-19-9-17-33(42(39)38-28-36-15-6-7-16-37(36)29-40(38)44)24-25-41(47-43(46)34-13-4-3-5-14-34)32-22-20-31(21-23-32)35-18-8-11-30(27-35)12-10-26-45/h3-25,27-29,41,43,47H,26,45-46H2,1-2H3/b12-10-,25-24+. The first-order valence-corrected chi connectivity index (χ1v) is 16.4. The number of nitrogens with two attached hydrogens (primary N) is 2. The predicted molar refractivity (Wildman–Crippen MR) is 200 cm³/mol. The highest BCUT2D eigenvalue weighted by molar-refractivity contribution is 5.95. The van der Waals surface area contributed by atoms with Crippen molar-refractivity contribution >= 4 is 22.9 Å². The molecule has 0 amide bonds. The van der Waals surface area contributed by atoms with Crippen molar-refractivity contribution in [1.29, 1.82) is 0 Å². The van der Waals surface area contributed by atoms with Gasteiger partial charge in [0.05, 0.1) is 12.2 Å². The average molecular weight is 612 g/mol. The molecule has 0 fully saturated rings. The number of rotatable bonds is 9. The van der Waals surface area contributed by atoms with Crippen LogP contribution in [0.15, 0.2) is 146 Å². The summed E-state index contributed by atoms with van der Waals surface area (Å²) in [5.74, 6) is 0. The van der Waals surface area contributed by atoms with Gasteiger partial charge >= 0.3 is 0 Å². The van der Waals surface area contributed by atoms with Crippen molar-refractivity contribution in [2.45, 2.75) is 31.5 Å². The summed E-state index contributed by atoms with van der Waals surface area (Å²) in [6.07, 6.45) is 8.25. The summed E-state index contributed by atoms with van der Waals surface area (Å²) in [6.45, 7) is 5.21. The van der Waals surface area contributed by atoms with Gasteiger partial charge in [-0.25, -0.2) is 0 Å². The van der Waals surface area contributed by atoms with E-state index in [9.17, 15) is 0 Å². The SMILES string of the molecule is CC1(C)c2cc3ccccc3cc2-c2c(/C=C/C(NC(N)c3ccccc3)c3ccc(-c4cccc(/C=C\CN)c4)cc3)cccc21. The van der Waals surface area contributed by atoms with Crippen LogP contribution in [0.3, 0.4) is 0 Å². The van der Waals surface area contributed by atoms with Crippen molar-refractivity contribution in [2.75, 3.05) is 6.54 Å². The molecule has 3 nitrogen and oxygen atoms in total. The van der Waals surface area contributed by atoms with E-state index in [1.165, 1.54) is 49.7 Å². The van der Waals surface area contributed by atoms with Crippen LogP contribution in [-0.2, 0) is 5.41 Å². The molecule has 47 heavy (non-hydrogen) atoms. The van der Waals surface area contributed by atoms with Gasteiger partial charge in [0.2, 0.25) is 0 Å². The zero-order chi connectivity index (χ0) is 32.4. The summed E-state index contributed by atoms with van der Waals surface area (Å²) in [6, 6.07) is 47.6. The molecule has 6 aromatic carbocycles. The number of hydrogen-bond acceptors (Lipinski definition) is 3. The van der Waals surface area contributed by atoms with Gasteiger partial charge in [0.25, 0.3) is 0 Å². The molecule has 7 rings (SSSR count). The zero-order valence-corrected chi connectivity index (χ0v) is 27.0. The first-order valence-electron chi connectivity index (χ1n) is 16.4. The molecule has 2 unspecified atom stereocenters. The smallest absolute Gasteiger partial charge is 0.0817 e. The van der Waals surface area contributed by atoms with E-state index in [1.807, 2.05) is 24.3 Å². The summed E-state index contributed by atoms with van der Waals surface area (Å²) >= 11 is 0. The Morgan fingerprint density at radius 3 is 2.15 bits per heavy atom. The molecule has 0 saturated heterocycles. The largest absolute Gasteiger partial charge is 0.327 e. The van der Waals surface area contributed by atoms with E-state index in [4.69, 9.17) is 11.5 Å². The Morgan fingerprint density at radius 2 is 1.38 bits per heavy atom. The van der Waals surface area contributed by atoms with Crippen molar-refractivity contribution in [1.82, 2.24) is 5.32 Å². The monoisotopic (exact) mass is 611 g/mol. The third-order valence-electron chi connectivity index (χ3n) is 9.52. The molecule has 1 aliphatic rings. The highest BCUT2D eigenvalue weighted by Crippen LogP contribution is 2.51. The van der Waals surface area contributed by atoms with Crippen LogP contribution in [0.1, 0.15) is 59.4 Å². The van der Waals surface area contributed by atoms with Crippen LogP contribution < -0.4 is 16.8 Å². The van der Waals surface area contributed by atoms with Gasteiger partial charge in [0.15, 0.2) is 0 Å². The van der Waals surface area contributed by atoms with Gasteiger partial charge in [0.1, 0.15) is 0 Å². The molecule has 0 spiro atoms. The maximum absolute atomic E-state index is 6.76. The lowest BCUT2D eigenvalue weighted by atomic mass is 9.81. The lowest BCUT2D eigenvalue weighted by molar-refractivity contribution is 0.509. The van der Waals surface area contributed by atoms with E-state index < -0.39 is 0 Å². The van der Waals surface area contributed by atoms with Crippen LogP contribution in [0.5, 0.6) is 0 Å². The predicted octanol–water partition coefficient (Wildman–Crippen LogP) is 9.79. The lowest BCUT2D eigenvalue weighted by Crippen LogP contribution is -2.31. The molecule has 1 aliphatic carbocycles. The van der Waals surface area contributed by atoms with Crippen LogP contribution >= 0.6 is 0 Å². The van der Waals surface area contributed by atoms with E-state index >= 15 is 0 Å². The average Bonchev–Trinajstić information content (AvgIpc) is 3.34. The van der Waals surface area contributed by atoms with Crippen LogP contribution in [0.4, 0.5) is 0 Å². The molecule has 3 heteroatoms. The Bertz CT molecular complexity index is 2090. The van der Waals surface area contributed by atoms with Gasteiger partial charge in [-0.1, -0.05) is 153 Å². The molecule has 0 saturated carbocycles. The quantitative estimate of drug-likeness (QED) is 0.143. The highest BCUT2D eigenvalue weighted by atomic mass is 15.0. The zero-order valence-electron chi connectivity index (χ0n) is 27.0. The molecule has 0 aliphatic heterocycles. The lowest BCUT2D eigenvalue weighted by Gasteiger charge is -2.22. The number of hydrogen-bond donors (Lipinski definition) is 3. The molecule has 6 aromatic rings. The first-order chi connectivity index (χ1) is 22.9. The van der Waals surface area contributed by atoms with Gasteiger partial charge in [-0.05, 0) is 84.6 Å². The third kappa shape index (κ3) is 6.09. The highest BCUT2D eigenvalue weighted by Gasteiger charge is 2.36. The fourth-order valence-electron chi connectivity index (χ4n) is 6.96. The van der Waals surface area contributed by atoms with Crippen molar-refractivity contribution in [2.24, 2.45) is 11.5 Å². The van der Waals surface area contributed by atoms with E-state index in [0.717, 1.165) is 16.7 Å². The summed E-state index contributed by atoms with van der Waals surface area (Å²) in [5.41, 5.74) is 24.6. The fourth-order valence-corrected chi connectivity index (χ4v) is 6.96. The van der Waals surface area contributed by atoms with Crippen molar-refractivity contribution < 1.29 is 0 Å². The number of fused-ring (bicyclic) bond motifs is 4. The normalized spacial score (nSPS) is 14.8. The first kappa shape index (κ1) is 30.6. The molecule has 5 N–H and O–H groups in total. The second kappa shape index (κ2) is 13.0. The van der Waals surface area contributed by atoms with E-state index in [-0.39, 0.29) is 17.6 Å². The molecular formula is C44H41N3. The van der Waals surface area contributed by atoms with Gasteiger partial charge in [0, 0.05) is 12.0 Å². The second-order valence-corrected chi connectivity index (χ2v) is 12.9. The van der Waals surface area contributed by atoms with Crippen molar-refractivity contribution in [3.05, 3.63) is 179 Å². The van der Waals surface area contributed by atoms with Crippen molar-refractivity contribution in [3.63, 3.8) is 0 Å². The van der Waals surface area contributed by atoms with Gasteiger partial charge in [-0.3, -0.25) is 5.32 Å². The van der Waals surface area contributed by atoms with Crippen LogP contribution in [0.2, 0.25) is 0 Å². The Kier molecular flexibility index (Phi) is 8.45. The minimum absolute atomic E-state index is 0.0842. The van der Waals surface area contributed by atoms with E-state index in [1.54, 1.807) is 0 Å². The van der Waals surface area contributed by atoms with E-state index in [0.29, 0.717) is 6.54 Å². The molecular weight excluding hydrogens is 571 g/mol. The maximum atomic E-state index is 6.76. The van der Waals surface area contributed by atoms with Crippen molar-refractivity contribution in [3.8, 4) is 22.3 Å². The summed E-state index contributed by atoms with van der Waals surface area (Å²) in [7, 11) is 0. The summed E-state index contributed by atoms with van der Waals surface area (Å²) in [4.78, 5) is 0. The topological polar surface area (TPSA) is 64.1 Å². The van der Waals surface area contributed by atoms with Gasteiger partial charge in [-0.2, -0.15) is 0 Å². The Morgan fingerprint density at radius 1 is 0.660 bits per heavy atom. The summed E-state index contributed by atoms with van der Waals surface area (Å²) in [5, 5.41) is 6.26. The van der Waals surface area contributed by atoms with Crippen LogP contribution in [0, 0.1) is 0 Å². The molecule has 232 valence electrons. The summed E-state index contributed by atoms with van der Waals surface area (Å²) < 4.78 is 0.